The van der Waals surface area contributed by atoms with Crippen molar-refractivity contribution in [1.82, 2.24) is 25.3 Å². The van der Waals surface area contributed by atoms with Crippen molar-refractivity contribution in [1.29, 1.82) is 0 Å². The predicted octanol–water partition coefficient (Wildman–Crippen LogP) is 1.73. The molecule has 40 heavy (non-hydrogen) atoms. The molecule has 0 aliphatic heterocycles. The van der Waals surface area contributed by atoms with E-state index in [-0.39, 0.29) is 47.2 Å². The number of carbonyl (C=O) groups excluding carboxylic acids is 4. The molecule has 0 unspecified atom stereocenters. The van der Waals surface area contributed by atoms with Crippen LogP contribution in [0.15, 0.2) is 30.6 Å². The Morgan fingerprint density at radius 3 is 2.40 bits per heavy atom. The summed E-state index contributed by atoms with van der Waals surface area (Å²) < 4.78 is 9.25. The molecule has 0 spiro atoms. The van der Waals surface area contributed by atoms with E-state index >= 15 is 0 Å². The second-order valence-corrected chi connectivity index (χ2v) is 9.52. The number of hydrogen-bond acceptors (Lipinski definition) is 11. The van der Waals surface area contributed by atoms with Gasteiger partial charge >= 0.3 is 11.9 Å². The van der Waals surface area contributed by atoms with Gasteiger partial charge < -0.3 is 19.9 Å². The molecule has 1 atom stereocenters. The number of anilines is 1. The quantitative estimate of drug-likeness (QED) is 0.289. The van der Waals surface area contributed by atoms with Crippen LogP contribution in [-0.4, -0.2) is 69.1 Å². The number of hydrogen-bond donors (Lipinski definition) is 3. The first-order valence-corrected chi connectivity index (χ1v) is 12.0. The van der Waals surface area contributed by atoms with Gasteiger partial charge in [0.05, 0.1) is 25.2 Å². The van der Waals surface area contributed by atoms with Crippen LogP contribution in [0.2, 0.25) is 0 Å². The lowest BCUT2D eigenvalue weighted by Gasteiger charge is -2.16. The Labute approximate surface area is 229 Å². The smallest absolute Gasteiger partial charge is 0.328 e. The van der Waals surface area contributed by atoms with Crippen LogP contribution in [0.4, 0.5) is 5.95 Å². The molecule has 0 saturated heterocycles. The van der Waals surface area contributed by atoms with Crippen molar-refractivity contribution in [3.8, 4) is 17.7 Å². The molecule has 2 amide bonds. The van der Waals surface area contributed by atoms with Crippen LogP contribution in [0.3, 0.4) is 0 Å². The normalized spacial score (nSPS) is 11.5. The number of nitrogens with zero attached hydrogens (tertiary/aromatic N) is 4. The van der Waals surface area contributed by atoms with Crippen molar-refractivity contribution in [2.45, 2.75) is 39.7 Å². The minimum absolute atomic E-state index is 0.00925. The van der Waals surface area contributed by atoms with Crippen molar-refractivity contribution in [2.75, 3.05) is 19.5 Å². The van der Waals surface area contributed by atoms with Gasteiger partial charge in [0.1, 0.15) is 11.7 Å². The monoisotopic (exact) mass is 548 g/mol. The van der Waals surface area contributed by atoms with Gasteiger partial charge in [0.25, 0.3) is 5.91 Å². The number of pyridine rings is 2. The Morgan fingerprint density at radius 2 is 1.77 bits per heavy atom. The number of aromatic nitrogens is 4. The van der Waals surface area contributed by atoms with E-state index in [1.165, 1.54) is 38.7 Å². The fourth-order valence-corrected chi connectivity index (χ4v) is 3.15. The largest absolute Gasteiger partial charge is 0.493 e. The second kappa shape index (κ2) is 12.6. The van der Waals surface area contributed by atoms with Gasteiger partial charge in [-0.05, 0) is 30.5 Å². The van der Waals surface area contributed by atoms with Crippen LogP contribution in [0, 0.1) is 17.3 Å². The Kier molecular flexibility index (Phi) is 9.28. The highest BCUT2D eigenvalue weighted by Crippen LogP contribution is 2.23. The molecule has 13 heteroatoms. The van der Waals surface area contributed by atoms with Gasteiger partial charge in [0.2, 0.25) is 17.7 Å². The Morgan fingerprint density at radius 1 is 1.02 bits per heavy atom. The summed E-state index contributed by atoms with van der Waals surface area (Å²) in [7, 11) is 2.41. The van der Waals surface area contributed by atoms with E-state index in [1.54, 1.807) is 26.8 Å². The maximum Gasteiger partial charge on any atom is 0.328 e. The number of aromatic hydroxyl groups is 1. The van der Waals surface area contributed by atoms with Gasteiger partial charge in [0.15, 0.2) is 5.65 Å². The van der Waals surface area contributed by atoms with Crippen LogP contribution in [-0.2, 0) is 23.9 Å². The van der Waals surface area contributed by atoms with E-state index in [0.717, 1.165) is 0 Å². The van der Waals surface area contributed by atoms with Crippen molar-refractivity contribution in [2.24, 2.45) is 5.41 Å². The van der Waals surface area contributed by atoms with Crippen LogP contribution in [0.25, 0.3) is 11.0 Å². The second-order valence-electron chi connectivity index (χ2n) is 9.52. The molecule has 3 aromatic heterocycles. The predicted molar refractivity (Wildman–Crippen MR) is 142 cm³/mol. The van der Waals surface area contributed by atoms with Crippen molar-refractivity contribution in [3.05, 3.63) is 47.4 Å². The molecule has 3 rings (SSSR count). The number of amides is 2. The third-order valence-electron chi connectivity index (χ3n) is 5.45. The molecule has 0 saturated carbocycles. The molecule has 3 N–H and O–H groups in total. The van der Waals surface area contributed by atoms with Gasteiger partial charge in [-0.3, -0.25) is 19.7 Å². The van der Waals surface area contributed by atoms with E-state index in [1.807, 2.05) is 0 Å². The molecule has 0 bridgehead atoms. The fraction of sp³-hybridized carbons (Fsp3) is 0.333. The Bertz CT molecular complexity index is 1500. The standard InChI is InChI=1S/C27H28N6O7/c1-27(2,3)25(38)33-26-31-21-18(23(36)32-26)12-15(13-29-21)6-8-17-9-7-16(14-28-17)22(35)30-19(24(37)40-5)10-11-20(34)39-4/h7,9,12-14,19H,10-11H2,1-5H3,(H,30,35)(H2,29,31,32,33,36,38)/t19-/m1/s1. The van der Waals surface area contributed by atoms with Gasteiger partial charge in [-0.2, -0.15) is 9.97 Å². The lowest BCUT2D eigenvalue weighted by molar-refractivity contribution is -0.144. The van der Waals surface area contributed by atoms with Crippen LogP contribution >= 0.6 is 0 Å². The number of methoxy groups -OCH3 is 2. The van der Waals surface area contributed by atoms with Crippen LogP contribution in [0.1, 0.15) is 55.2 Å². The minimum atomic E-state index is -1.04. The summed E-state index contributed by atoms with van der Waals surface area (Å²) in [5.74, 6) is 3.16. The van der Waals surface area contributed by atoms with E-state index in [9.17, 15) is 24.3 Å². The topological polar surface area (TPSA) is 183 Å². The van der Waals surface area contributed by atoms with E-state index in [4.69, 9.17) is 4.74 Å². The summed E-state index contributed by atoms with van der Waals surface area (Å²) in [4.78, 5) is 64.6. The summed E-state index contributed by atoms with van der Waals surface area (Å²) in [5.41, 5.74) is 0.447. The Hall–Kier alpha value is -5.12. The first kappa shape index (κ1) is 29.4. The first-order valence-electron chi connectivity index (χ1n) is 12.0. The molecule has 0 aliphatic carbocycles. The molecule has 208 valence electrons. The molecule has 0 fully saturated rings. The van der Waals surface area contributed by atoms with Crippen molar-refractivity contribution >= 4 is 40.7 Å². The summed E-state index contributed by atoms with van der Waals surface area (Å²) in [6.07, 6.45) is 2.67. The van der Waals surface area contributed by atoms with Gasteiger partial charge in [-0.15, -0.1) is 0 Å². The highest BCUT2D eigenvalue weighted by atomic mass is 16.5. The number of rotatable bonds is 7. The molecule has 0 aliphatic rings. The average Bonchev–Trinajstić information content (AvgIpc) is 2.93. The summed E-state index contributed by atoms with van der Waals surface area (Å²) in [6.45, 7) is 5.21. The number of nitrogens with one attached hydrogen (secondary N) is 2. The maximum absolute atomic E-state index is 12.6. The number of carbonyl (C=O) groups is 4. The van der Waals surface area contributed by atoms with Gasteiger partial charge in [0, 0.05) is 29.8 Å². The first-order chi connectivity index (χ1) is 18.9. The molecule has 3 heterocycles. The van der Waals surface area contributed by atoms with E-state index < -0.39 is 29.3 Å². The third kappa shape index (κ3) is 7.70. The molecular formula is C27H28N6O7. The zero-order chi connectivity index (χ0) is 29.4. The number of fused-ring (bicyclic) bond motifs is 1. The van der Waals surface area contributed by atoms with Crippen molar-refractivity contribution < 1.29 is 33.8 Å². The van der Waals surface area contributed by atoms with E-state index in [0.29, 0.717) is 11.3 Å². The fourth-order valence-electron chi connectivity index (χ4n) is 3.15. The minimum Gasteiger partial charge on any atom is -0.493 e. The zero-order valence-electron chi connectivity index (χ0n) is 22.6. The summed E-state index contributed by atoms with van der Waals surface area (Å²) in [6, 6.07) is 3.50. The maximum atomic E-state index is 12.6. The van der Waals surface area contributed by atoms with Gasteiger partial charge in [-0.1, -0.05) is 26.7 Å². The van der Waals surface area contributed by atoms with Crippen LogP contribution in [0.5, 0.6) is 5.88 Å². The summed E-state index contributed by atoms with van der Waals surface area (Å²) in [5, 5.41) is 15.7. The highest BCUT2D eigenvalue weighted by molar-refractivity contribution is 5.96. The Balaban J connectivity index is 1.72. The van der Waals surface area contributed by atoms with Gasteiger partial charge in [-0.25, -0.2) is 14.8 Å². The molecule has 13 nitrogen and oxygen atoms in total. The molecular weight excluding hydrogens is 520 g/mol. The lowest BCUT2D eigenvalue weighted by atomic mass is 9.96. The molecule has 0 radical (unpaired) electrons. The SMILES string of the molecule is COC(=O)CC[C@@H](NC(=O)c1ccc(C#Cc2cnc3nc(NC(=O)C(C)(C)C)nc(O)c3c2)nc1)C(=O)OC. The molecule has 3 aromatic rings. The number of ether oxygens (including phenoxy) is 2. The zero-order valence-corrected chi connectivity index (χ0v) is 22.6. The lowest BCUT2D eigenvalue weighted by Crippen LogP contribution is -2.41. The number of esters is 2. The third-order valence-corrected chi connectivity index (χ3v) is 5.45. The van der Waals surface area contributed by atoms with E-state index in [2.05, 4.69) is 47.1 Å². The van der Waals surface area contributed by atoms with Crippen LogP contribution < -0.4 is 10.6 Å². The molecule has 0 aromatic carbocycles. The highest BCUT2D eigenvalue weighted by Gasteiger charge is 2.24. The van der Waals surface area contributed by atoms with Crippen molar-refractivity contribution in [3.63, 3.8) is 0 Å². The summed E-state index contributed by atoms with van der Waals surface area (Å²) >= 11 is 0. The average molecular weight is 549 g/mol.